The largest absolute Gasteiger partial charge is 0.351 e. The second-order valence-electron chi connectivity index (χ2n) is 5.84. The van der Waals surface area contributed by atoms with Crippen LogP contribution in [0.5, 0.6) is 0 Å². The van der Waals surface area contributed by atoms with E-state index in [1.165, 1.54) is 12.6 Å². The highest BCUT2D eigenvalue weighted by atomic mass is 32.2. The smallest absolute Gasteiger partial charge is 0.165 e. The van der Waals surface area contributed by atoms with Crippen LogP contribution in [0.3, 0.4) is 0 Å². The summed E-state index contributed by atoms with van der Waals surface area (Å²) in [5, 5.41) is 0. The number of anilines is 1. The van der Waals surface area contributed by atoms with E-state index in [0.717, 1.165) is 49.3 Å². The minimum atomic E-state index is -3.03. The van der Waals surface area contributed by atoms with E-state index in [1.807, 2.05) is 11.5 Å². The molecule has 1 aliphatic rings. The minimum absolute atomic E-state index is 0.0337. The molecule has 8 heteroatoms. The summed E-state index contributed by atoms with van der Waals surface area (Å²) in [7, 11) is -3.03. The number of aromatic nitrogens is 4. The van der Waals surface area contributed by atoms with E-state index in [0.29, 0.717) is 0 Å². The van der Waals surface area contributed by atoms with Crippen molar-refractivity contribution in [3.63, 3.8) is 0 Å². The lowest BCUT2D eigenvalue weighted by atomic mass is 10.0. The fourth-order valence-corrected chi connectivity index (χ4v) is 4.16. The first-order valence-electron chi connectivity index (χ1n) is 7.60. The first-order valence-corrected chi connectivity index (χ1v) is 9.66. The third kappa shape index (κ3) is 2.92. The Morgan fingerprint density at radius 3 is 2.82 bits per heavy atom. The molecule has 3 rings (SSSR count). The summed E-state index contributed by atoms with van der Waals surface area (Å²) in [6.45, 7) is 3.64. The predicted octanol–water partition coefficient (Wildman–Crippen LogP) is 1.25. The van der Waals surface area contributed by atoms with Gasteiger partial charge in [-0.2, -0.15) is 0 Å². The Bertz CT molecular complexity index is 771. The Morgan fingerprint density at radius 1 is 1.27 bits per heavy atom. The molecule has 0 N–H and O–H groups in total. The molecule has 0 spiro atoms. The van der Waals surface area contributed by atoms with Crippen molar-refractivity contribution in [3.05, 3.63) is 12.7 Å². The molecule has 3 heterocycles. The number of rotatable bonds is 4. The van der Waals surface area contributed by atoms with Gasteiger partial charge in [0, 0.05) is 25.4 Å². The maximum atomic E-state index is 11.7. The van der Waals surface area contributed by atoms with Crippen LogP contribution >= 0.6 is 0 Å². The molecule has 0 aromatic carbocycles. The summed E-state index contributed by atoms with van der Waals surface area (Å²) in [6, 6.07) is -0.0337. The topological polar surface area (TPSA) is 81.0 Å². The third-order valence-electron chi connectivity index (χ3n) is 4.12. The van der Waals surface area contributed by atoms with Gasteiger partial charge in [0.15, 0.2) is 17.0 Å². The van der Waals surface area contributed by atoms with Crippen molar-refractivity contribution in [1.82, 2.24) is 19.5 Å². The summed E-state index contributed by atoms with van der Waals surface area (Å²) < 4.78 is 25.4. The number of imidazole rings is 1. The van der Waals surface area contributed by atoms with E-state index in [1.54, 1.807) is 6.33 Å². The van der Waals surface area contributed by atoms with Crippen molar-refractivity contribution in [3.8, 4) is 0 Å². The van der Waals surface area contributed by atoms with Crippen LogP contribution in [0.1, 0.15) is 26.2 Å². The number of sulfone groups is 1. The second kappa shape index (κ2) is 5.83. The molecule has 22 heavy (non-hydrogen) atoms. The van der Waals surface area contributed by atoms with Gasteiger partial charge in [-0.15, -0.1) is 0 Å². The molecule has 2 aromatic rings. The summed E-state index contributed by atoms with van der Waals surface area (Å²) in [6.07, 6.45) is 7.55. The first-order chi connectivity index (χ1) is 10.5. The van der Waals surface area contributed by atoms with Gasteiger partial charge in [-0.05, 0) is 26.2 Å². The summed E-state index contributed by atoms with van der Waals surface area (Å²) in [5.74, 6) is 0.915. The van der Waals surface area contributed by atoms with Crippen LogP contribution in [-0.4, -0.2) is 52.5 Å². The Balaban J connectivity index is 2.02. The Hall–Kier alpha value is -1.70. The highest BCUT2D eigenvalue weighted by Crippen LogP contribution is 2.28. The van der Waals surface area contributed by atoms with Crippen molar-refractivity contribution in [2.75, 3.05) is 23.5 Å². The van der Waals surface area contributed by atoms with Crippen molar-refractivity contribution in [2.45, 2.75) is 38.8 Å². The molecular formula is C14H21N5O2S. The minimum Gasteiger partial charge on any atom is -0.351 e. The summed E-state index contributed by atoms with van der Waals surface area (Å²) in [4.78, 5) is 15.3. The standard InChI is InChI=1S/C14H21N5O2S/c1-3-18-10-17-12-13(18)15-9-16-14(12)19-7-5-4-6-11(19)8-22(2,20)21/h9-11H,3-8H2,1-2H3/t11-/m1/s1. The van der Waals surface area contributed by atoms with Crippen molar-refractivity contribution in [1.29, 1.82) is 0 Å². The molecular weight excluding hydrogens is 302 g/mol. The van der Waals surface area contributed by atoms with Crippen molar-refractivity contribution < 1.29 is 8.42 Å². The number of aryl methyl sites for hydroxylation is 1. The molecule has 7 nitrogen and oxygen atoms in total. The van der Waals surface area contributed by atoms with Crippen LogP contribution < -0.4 is 4.90 Å². The van der Waals surface area contributed by atoms with Crippen LogP contribution in [0.25, 0.3) is 11.2 Å². The zero-order chi connectivity index (χ0) is 15.7. The molecule has 0 amide bonds. The average molecular weight is 323 g/mol. The van der Waals surface area contributed by atoms with Gasteiger partial charge < -0.3 is 9.47 Å². The highest BCUT2D eigenvalue weighted by Gasteiger charge is 2.28. The number of piperidine rings is 1. The quantitative estimate of drug-likeness (QED) is 0.842. The molecule has 2 aromatic heterocycles. The Morgan fingerprint density at radius 2 is 2.09 bits per heavy atom. The monoisotopic (exact) mass is 323 g/mol. The van der Waals surface area contributed by atoms with Crippen LogP contribution in [0.2, 0.25) is 0 Å². The first kappa shape index (κ1) is 15.2. The Kier molecular flexibility index (Phi) is 4.03. The number of hydrogen-bond acceptors (Lipinski definition) is 6. The summed E-state index contributed by atoms with van der Waals surface area (Å²) >= 11 is 0. The van der Waals surface area contributed by atoms with E-state index in [9.17, 15) is 8.42 Å². The van der Waals surface area contributed by atoms with Gasteiger partial charge in [0.05, 0.1) is 12.1 Å². The van der Waals surface area contributed by atoms with Crippen LogP contribution in [0.15, 0.2) is 12.7 Å². The van der Waals surface area contributed by atoms with Gasteiger partial charge in [-0.3, -0.25) is 0 Å². The molecule has 0 bridgehead atoms. The van der Waals surface area contributed by atoms with E-state index in [4.69, 9.17) is 0 Å². The Labute approximate surface area is 130 Å². The lowest BCUT2D eigenvalue weighted by molar-refractivity contribution is 0.478. The molecule has 1 atom stereocenters. The molecule has 1 fully saturated rings. The molecule has 120 valence electrons. The fraction of sp³-hybridized carbons (Fsp3) is 0.643. The number of fused-ring (bicyclic) bond motifs is 1. The maximum absolute atomic E-state index is 11.7. The normalized spacial score (nSPS) is 19.7. The van der Waals surface area contributed by atoms with E-state index < -0.39 is 9.84 Å². The molecule has 0 saturated carbocycles. The third-order valence-corrected chi connectivity index (χ3v) is 5.11. The second-order valence-corrected chi connectivity index (χ2v) is 8.02. The molecule has 0 aliphatic carbocycles. The lowest BCUT2D eigenvalue weighted by Gasteiger charge is -2.36. The van der Waals surface area contributed by atoms with Crippen LogP contribution in [0, 0.1) is 0 Å². The van der Waals surface area contributed by atoms with Gasteiger partial charge in [0.25, 0.3) is 0 Å². The maximum Gasteiger partial charge on any atom is 0.165 e. The van der Waals surface area contributed by atoms with Gasteiger partial charge >= 0.3 is 0 Å². The van der Waals surface area contributed by atoms with Gasteiger partial charge in [-0.1, -0.05) is 0 Å². The van der Waals surface area contributed by atoms with Crippen LogP contribution in [-0.2, 0) is 16.4 Å². The SMILES string of the molecule is CCn1cnc2c(N3CCCC[C@@H]3CS(C)(=O)=O)ncnc21. The van der Waals surface area contributed by atoms with Gasteiger partial charge in [0.1, 0.15) is 16.2 Å². The molecule has 0 unspecified atom stereocenters. The molecule has 1 saturated heterocycles. The van der Waals surface area contributed by atoms with Crippen molar-refractivity contribution in [2.24, 2.45) is 0 Å². The highest BCUT2D eigenvalue weighted by molar-refractivity contribution is 7.90. The zero-order valence-electron chi connectivity index (χ0n) is 12.9. The van der Waals surface area contributed by atoms with Gasteiger partial charge in [-0.25, -0.2) is 23.4 Å². The van der Waals surface area contributed by atoms with Crippen molar-refractivity contribution >= 4 is 26.8 Å². The average Bonchev–Trinajstić information content (AvgIpc) is 2.89. The van der Waals surface area contributed by atoms with E-state index in [-0.39, 0.29) is 11.8 Å². The summed E-state index contributed by atoms with van der Waals surface area (Å²) in [5.41, 5.74) is 1.56. The molecule has 0 radical (unpaired) electrons. The fourth-order valence-electron chi connectivity index (χ4n) is 3.11. The van der Waals surface area contributed by atoms with Gasteiger partial charge in [0.2, 0.25) is 0 Å². The number of hydrogen-bond donors (Lipinski definition) is 0. The van der Waals surface area contributed by atoms with E-state index >= 15 is 0 Å². The van der Waals surface area contributed by atoms with E-state index in [2.05, 4.69) is 19.9 Å². The van der Waals surface area contributed by atoms with Crippen LogP contribution in [0.4, 0.5) is 5.82 Å². The lowest BCUT2D eigenvalue weighted by Crippen LogP contribution is -2.44. The molecule has 1 aliphatic heterocycles. The zero-order valence-corrected chi connectivity index (χ0v) is 13.8. The number of nitrogens with zero attached hydrogens (tertiary/aromatic N) is 5. The predicted molar refractivity (Wildman–Crippen MR) is 85.7 cm³/mol.